The molecule has 0 atom stereocenters. The van der Waals surface area contributed by atoms with Gasteiger partial charge in [0.1, 0.15) is 0 Å². The summed E-state index contributed by atoms with van der Waals surface area (Å²) in [6, 6.07) is 8.52. The summed E-state index contributed by atoms with van der Waals surface area (Å²) in [7, 11) is 0. The number of aryl methyl sites for hydroxylation is 2. The van der Waals surface area contributed by atoms with Crippen molar-refractivity contribution in [1.29, 1.82) is 0 Å². The van der Waals surface area contributed by atoms with E-state index in [1.165, 1.54) is 16.7 Å². The second kappa shape index (κ2) is 5.87. The number of nitrogens with zero attached hydrogens (tertiary/aromatic N) is 2. The maximum Gasteiger partial charge on any atom is 0.0659 e. The number of alkyl halides is 1. The molecule has 0 radical (unpaired) electrons. The smallest absolute Gasteiger partial charge is 0.0659 e. The number of benzene rings is 1. The molecule has 0 saturated heterocycles. The van der Waals surface area contributed by atoms with Crippen LogP contribution >= 0.6 is 11.6 Å². The van der Waals surface area contributed by atoms with E-state index < -0.39 is 0 Å². The Bertz CT molecular complexity index is 477. The van der Waals surface area contributed by atoms with Crippen LogP contribution in [-0.2, 0) is 13.0 Å². The van der Waals surface area contributed by atoms with Crippen LogP contribution in [0.4, 0.5) is 0 Å². The average Bonchev–Trinajstić information content (AvgIpc) is 2.74. The molecule has 1 aromatic carbocycles. The first-order valence-electron chi connectivity index (χ1n) is 5.91. The third-order valence-electron chi connectivity index (χ3n) is 2.71. The Hall–Kier alpha value is -1.28. The maximum absolute atomic E-state index is 5.68. The van der Waals surface area contributed by atoms with Crippen molar-refractivity contribution in [2.45, 2.75) is 26.3 Å². The standard InChI is InChI=1S/C14H17ClN2/c1-12-4-2-5-13(8-12)10-17-11-14(9-16-17)6-3-7-15/h2,4-5,8-9,11H,3,6-7,10H2,1H3. The van der Waals surface area contributed by atoms with Gasteiger partial charge in [-0.2, -0.15) is 5.10 Å². The fourth-order valence-corrected chi connectivity index (χ4v) is 2.02. The molecule has 0 spiro atoms. The second-order valence-electron chi connectivity index (χ2n) is 4.33. The number of hydrogen-bond acceptors (Lipinski definition) is 1. The SMILES string of the molecule is Cc1cccc(Cn2cc(CCCCl)cn2)c1. The summed E-state index contributed by atoms with van der Waals surface area (Å²) in [5.41, 5.74) is 3.84. The van der Waals surface area contributed by atoms with E-state index in [4.69, 9.17) is 11.6 Å². The molecule has 0 unspecified atom stereocenters. The fraction of sp³-hybridized carbons (Fsp3) is 0.357. The number of hydrogen-bond donors (Lipinski definition) is 0. The van der Waals surface area contributed by atoms with Crippen molar-refractivity contribution in [2.24, 2.45) is 0 Å². The van der Waals surface area contributed by atoms with Crippen LogP contribution in [-0.4, -0.2) is 15.7 Å². The Morgan fingerprint density at radius 3 is 2.94 bits per heavy atom. The Labute approximate surface area is 107 Å². The number of aromatic nitrogens is 2. The molecule has 0 aliphatic rings. The summed E-state index contributed by atoms with van der Waals surface area (Å²) in [5, 5.41) is 4.37. The third kappa shape index (κ3) is 3.60. The van der Waals surface area contributed by atoms with Gasteiger partial charge in [-0.25, -0.2) is 0 Å². The highest BCUT2D eigenvalue weighted by atomic mass is 35.5. The Morgan fingerprint density at radius 1 is 1.29 bits per heavy atom. The molecule has 1 aromatic heterocycles. The van der Waals surface area contributed by atoms with Gasteiger partial charge < -0.3 is 0 Å². The summed E-state index contributed by atoms with van der Waals surface area (Å²) in [6.45, 7) is 2.95. The van der Waals surface area contributed by atoms with E-state index in [2.05, 4.69) is 42.5 Å². The zero-order chi connectivity index (χ0) is 12.1. The van der Waals surface area contributed by atoms with E-state index in [-0.39, 0.29) is 0 Å². The van der Waals surface area contributed by atoms with Crippen LogP contribution in [0.15, 0.2) is 36.7 Å². The van der Waals surface area contributed by atoms with E-state index in [1.54, 1.807) is 0 Å². The van der Waals surface area contributed by atoms with Crippen molar-refractivity contribution < 1.29 is 0 Å². The van der Waals surface area contributed by atoms with Gasteiger partial charge in [-0.3, -0.25) is 4.68 Å². The molecule has 0 aliphatic heterocycles. The number of halogens is 1. The molecule has 0 N–H and O–H groups in total. The molecule has 17 heavy (non-hydrogen) atoms. The summed E-state index contributed by atoms with van der Waals surface area (Å²) in [4.78, 5) is 0. The molecule has 0 saturated carbocycles. The quantitative estimate of drug-likeness (QED) is 0.742. The van der Waals surface area contributed by atoms with E-state index in [0.29, 0.717) is 5.88 Å². The molecule has 2 rings (SSSR count). The largest absolute Gasteiger partial charge is 0.268 e. The topological polar surface area (TPSA) is 17.8 Å². The van der Waals surface area contributed by atoms with Gasteiger partial charge in [0.05, 0.1) is 12.7 Å². The van der Waals surface area contributed by atoms with Crippen LogP contribution in [0.3, 0.4) is 0 Å². The summed E-state index contributed by atoms with van der Waals surface area (Å²) < 4.78 is 1.98. The second-order valence-corrected chi connectivity index (χ2v) is 4.71. The summed E-state index contributed by atoms with van der Waals surface area (Å²) in [6.07, 6.45) is 6.06. The minimum absolute atomic E-state index is 0.711. The highest BCUT2D eigenvalue weighted by Gasteiger charge is 2.00. The summed E-state index contributed by atoms with van der Waals surface area (Å²) in [5.74, 6) is 0.711. The molecule has 0 fully saturated rings. The highest BCUT2D eigenvalue weighted by Crippen LogP contribution is 2.08. The first kappa shape index (κ1) is 12.2. The van der Waals surface area contributed by atoms with Crippen molar-refractivity contribution in [3.8, 4) is 0 Å². The molecule has 2 nitrogen and oxygen atoms in total. The molecule has 90 valence electrons. The normalized spacial score (nSPS) is 10.7. The van der Waals surface area contributed by atoms with E-state index in [9.17, 15) is 0 Å². The number of rotatable bonds is 5. The van der Waals surface area contributed by atoms with Gasteiger partial charge in [0, 0.05) is 12.1 Å². The van der Waals surface area contributed by atoms with E-state index >= 15 is 0 Å². The minimum atomic E-state index is 0.711. The summed E-state index contributed by atoms with van der Waals surface area (Å²) >= 11 is 5.68. The minimum Gasteiger partial charge on any atom is -0.268 e. The van der Waals surface area contributed by atoms with Gasteiger partial charge in [-0.1, -0.05) is 29.8 Å². The molecule has 0 amide bonds. The van der Waals surface area contributed by atoms with Crippen molar-refractivity contribution in [3.63, 3.8) is 0 Å². The van der Waals surface area contributed by atoms with Gasteiger partial charge >= 0.3 is 0 Å². The van der Waals surface area contributed by atoms with Crippen LogP contribution in [0.2, 0.25) is 0 Å². The zero-order valence-corrected chi connectivity index (χ0v) is 10.8. The lowest BCUT2D eigenvalue weighted by atomic mass is 10.1. The lowest BCUT2D eigenvalue weighted by Crippen LogP contribution is -1.99. The Kier molecular flexibility index (Phi) is 4.21. The maximum atomic E-state index is 5.68. The lowest BCUT2D eigenvalue weighted by Gasteiger charge is -2.02. The van der Waals surface area contributed by atoms with Crippen LogP contribution in [0.1, 0.15) is 23.1 Å². The monoisotopic (exact) mass is 248 g/mol. The molecule has 1 heterocycles. The van der Waals surface area contributed by atoms with Crippen molar-refractivity contribution >= 4 is 11.6 Å². The van der Waals surface area contributed by atoms with Crippen LogP contribution in [0.5, 0.6) is 0 Å². The Balaban J connectivity index is 2.01. The predicted molar refractivity (Wildman–Crippen MR) is 71.5 cm³/mol. The molecule has 0 aliphatic carbocycles. The molecule has 2 aromatic rings. The third-order valence-corrected chi connectivity index (χ3v) is 2.98. The van der Waals surface area contributed by atoms with E-state index in [1.807, 2.05) is 10.9 Å². The molecule has 3 heteroatoms. The van der Waals surface area contributed by atoms with Crippen LogP contribution in [0, 0.1) is 6.92 Å². The van der Waals surface area contributed by atoms with Crippen LogP contribution in [0.25, 0.3) is 0 Å². The molecule has 0 bridgehead atoms. The van der Waals surface area contributed by atoms with Crippen LogP contribution < -0.4 is 0 Å². The zero-order valence-electron chi connectivity index (χ0n) is 10.1. The molecular weight excluding hydrogens is 232 g/mol. The first-order valence-corrected chi connectivity index (χ1v) is 6.44. The Morgan fingerprint density at radius 2 is 2.18 bits per heavy atom. The van der Waals surface area contributed by atoms with Gasteiger partial charge in [-0.15, -0.1) is 11.6 Å². The molecular formula is C14H17ClN2. The highest BCUT2D eigenvalue weighted by molar-refractivity contribution is 6.17. The van der Waals surface area contributed by atoms with Crippen molar-refractivity contribution in [3.05, 3.63) is 53.3 Å². The van der Waals surface area contributed by atoms with Gasteiger partial charge in [0.2, 0.25) is 0 Å². The van der Waals surface area contributed by atoms with Gasteiger partial charge in [0.25, 0.3) is 0 Å². The van der Waals surface area contributed by atoms with E-state index in [0.717, 1.165) is 19.4 Å². The average molecular weight is 249 g/mol. The predicted octanol–water partition coefficient (Wildman–Crippen LogP) is 3.41. The van der Waals surface area contributed by atoms with Gasteiger partial charge in [0.15, 0.2) is 0 Å². The van der Waals surface area contributed by atoms with Crippen molar-refractivity contribution in [1.82, 2.24) is 9.78 Å². The van der Waals surface area contributed by atoms with Crippen molar-refractivity contribution in [2.75, 3.05) is 5.88 Å². The lowest BCUT2D eigenvalue weighted by molar-refractivity contribution is 0.685. The van der Waals surface area contributed by atoms with Gasteiger partial charge in [-0.05, 0) is 30.9 Å². The first-order chi connectivity index (χ1) is 8.28. The fourth-order valence-electron chi connectivity index (χ4n) is 1.89.